The van der Waals surface area contributed by atoms with Crippen molar-refractivity contribution in [3.63, 3.8) is 0 Å². The maximum Gasteiger partial charge on any atom is 0.354 e. The Labute approximate surface area is 85.9 Å². The molecule has 0 saturated heterocycles. The van der Waals surface area contributed by atoms with Gasteiger partial charge in [0.15, 0.2) is 11.4 Å². The lowest BCUT2D eigenvalue weighted by Crippen LogP contribution is -2.30. The van der Waals surface area contributed by atoms with E-state index in [1.54, 1.807) is 11.9 Å². The highest BCUT2D eigenvalue weighted by atomic mass is 16.4. The molecule has 1 aliphatic carbocycles. The Morgan fingerprint density at radius 1 is 1.60 bits per heavy atom. The number of carboxylic acid groups (broad SMARTS) is 1. The molecule has 0 spiro atoms. The van der Waals surface area contributed by atoms with Gasteiger partial charge in [-0.05, 0) is 12.8 Å². The predicted molar refractivity (Wildman–Crippen MR) is 50.7 cm³/mol. The molecule has 0 unspecified atom stereocenters. The Hall–Kier alpha value is -1.85. The molecule has 1 aromatic heterocycles. The maximum atomic E-state index is 11.8. The van der Waals surface area contributed by atoms with E-state index in [-0.39, 0.29) is 23.3 Å². The number of H-pyrrole nitrogens is 1. The molecule has 6 nitrogen and oxygen atoms in total. The van der Waals surface area contributed by atoms with Gasteiger partial charge in [0.25, 0.3) is 5.91 Å². The van der Waals surface area contributed by atoms with Crippen LogP contribution in [-0.2, 0) is 0 Å². The summed E-state index contributed by atoms with van der Waals surface area (Å²) in [5.41, 5.74) is -0.163. The van der Waals surface area contributed by atoms with Crippen molar-refractivity contribution in [2.75, 3.05) is 7.05 Å². The molecule has 15 heavy (non-hydrogen) atoms. The number of hydrogen-bond donors (Lipinski definition) is 2. The Kier molecular flexibility index (Phi) is 2.18. The predicted octanol–water partition coefficient (Wildman–Crippen LogP) is 0.342. The van der Waals surface area contributed by atoms with E-state index in [9.17, 15) is 9.59 Å². The Bertz CT molecular complexity index is 408. The molecule has 1 aliphatic rings. The van der Waals surface area contributed by atoms with Crippen molar-refractivity contribution in [1.29, 1.82) is 0 Å². The molecular formula is C9H11N3O3. The summed E-state index contributed by atoms with van der Waals surface area (Å²) < 4.78 is 0. The number of aromatic amines is 1. The third-order valence-corrected chi connectivity index (χ3v) is 2.47. The van der Waals surface area contributed by atoms with Crippen LogP contribution in [-0.4, -0.2) is 44.9 Å². The molecule has 2 rings (SSSR count). The van der Waals surface area contributed by atoms with Gasteiger partial charge in [0.1, 0.15) is 0 Å². The van der Waals surface area contributed by atoms with Crippen LogP contribution in [0, 0.1) is 0 Å². The lowest BCUT2D eigenvalue weighted by Gasteiger charge is -2.14. The van der Waals surface area contributed by atoms with Gasteiger partial charge < -0.3 is 15.0 Å². The molecule has 0 aliphatic heterocycles. The molecule has 80 valence electrons. The summed E-state index contributed by atoms with van der Waals surface area (Å²) in [5, 5.41) is 8.80. The van der Waals surface area contributed by atoms with Crippen LogP contribution in [0.4, 0.5) is 0 Å². The van der Waals surface area contributed by atoms with E-state index in [0.717, 1.165) is 12.8 Å². The van der Waals surface area contributed by atoms with E-state index in [4.69, 9.17) is 5.11 Å². The first-order valence-electron chi connectivity index (χ1n) is 4.65. The van der Waals surface area contributed by atoms with E-state index < -0.39 is 5.97 Å². The van der Waals surface area contributed by atoms with Crippen molar-refractivity contribution in [2.45, 2.75) is 18.9 Å². The van der Waals surface area contributed by atoms with Gasteiger partial charge in [-0.2, -0.15) is 0 Å². The number of nitrogens with zero attached hydrogens (tertiary/aromatic N) is 2. The zero-order chi connectivity index (χ0) is 11.0. The van der Waals surface area contributed by atoms with E-state index in [0.29, 0.717) is 0 Å². The minimum Gasteiger partial charge on any atom is -0.477 e. The number of aromatic carboxylic acids is 1. The van der Waals surface area contributed by atoms with Crippen LogP contribution in [0.15, 0.2) is 6.33 Å². The van der Waals surface area contributed by atoms with Gasteiger partial charge >= 0.3 is 5.97 Å². The second-order valence-electron chi connectivity index (χ2n) is 3.58. The molecule has 0 atom stereocenters. The van der Waals surface area contributed by atoms with Crippen LogP contribution in [0.5, 0.6) is 0 Å². The van der Waals surface area contributed by atoms with Crippen molar-refractivity contribution >= 4 is 11.9 Å². The lowest BCUT2D eigenvalue weighted by molar-refractivity contribution is 0.0673. The third-order valence-electron chi connectivity index (χ3n) is 2.47. The molecule has 1 amide bonds. The normalized spacial score (nSPS) is 15.0. The highest BCUT2D eigenvalue weighted by Gasteiger charge is 2.32. The first kappa shape index (κ1) is 9.70. The number of rotatable bonds is 3. The summed E-state index contributed by atoms with van der Waals surface area (Å²) in [6.45, 7) is 0. The number of nitrogens with one attached hydrogen (secondary N) is 1. The van der Waals surface area contributed by atoms with Crippen molar-refractivity contribution in [3.8, 4) is 0 Å². The second-order valence-corrected chi connectivity index (χ2v) is 3.58. The van der Waals surface area contributed by atoms with Crippen molar-refractivity contribution in [2.24, 2.45) is 0 Å². The van der Waals surface area contributed by atoms with E-state index >= 15 is 0 Å². The lowest BCUT2D eigenvalue weighted by atomic mass is 10.3. The fourth-order valence-electron chi connectivity index (χ4n) is 1.41. The number of hydrogen-bond acceptors (Lipinski definition) is 3. The molecule has 0 bridgehead atoms. The van der Waals surface area contributed by atoms with Crippen LogP contribution >= 0.6 is 0 Å². The standard InChI is InChI=1S/C9H11N3O3/c1-12(5-2-3-5)8(13)6-7(9(14)15)11-4-10-6/h4-5H,2-3H2,1H3,(H,10,11)(H,14,15). The minimum atomic E-state index is -1.17. The highest BCUT2D eigenvalue weighted by molar-refractivity contribution is 6.02. The molecule has 1 heterocycles. The van der Waals surface area contributed by atoms with Crippen LogP contribution in [0.3, 0.4) is 0 Å². The van der Waals surface area contributed by atoms with E-state index in [2.05, 4.69) is 9.97 Å². The van der Waals surface area contributed by atoms with Gasteiger partial charge in [0, 0.05) is 13.1 Å². The zero-order valence-corrected chi connectivity index (χ0v) is 8.23. The Balaban J connectivity index is 2.24. The van der Waals surface area contributed by atoms with Crippen LogP contribution in [0.25, 0.3) is 0 Å². The van der Waals surface area contributed by atoms with Gasteiger partial charge in [0.05, 0.1) is 6.33 Å². The van der Waals surface area contributed by atoms with Crippen molar-refractivity contribution in [1.82, 2.24) is 14.9 Å². The fourth-order valence-corrected chi connectivity index (χ4v) is 1.41. The molecule has 1 fully saturated rings. The number of amides is 1. The smallest absolute Gasteiger partial charge is 0.354 e. The Morgan fingerprint density at radius 3 is 2.80 bits per heavy atom. The zero-order valence-electron chi connectivity index (χ0n) is 8.23. The minimum absolute atomic E-state index is 0.0168. The highest BCUT2D eigenvalue weighted by Crippen LogP contribution is 2.26. The SMILES string of the molecule is CN(C(=O)c1nc[nH]c1C(=O)O)C1CC1. The average molecular weight is 209 g/mol. The fraction of sp³-hybridized carbons (Fsp3) is 0.444. The number of imidazole rings is 1. The van der Waals surface area contributed by atoms with E-state index in [1.807, 2.05) is 0 Å². The van der Waals surface area contributed by atoms with Gasteiger partial charge in [-0.15, -0.1) is 0 Å². The third kappa shape index (κ3) is 1.70. The molecular weight excluding hydrogens is 198 g/mol. The summed E-state index contributed by atoms with van der Waals surface area (Å²) in [6, 6.07) is 0.246. The van der Waals surface area contributed by atoms with Gasteiger partial charge in [-0.25, -0.2) is 9.78 Å². The topological polar surface area (TPSA) is 86.3 Å². The summed E-state index contributed by atoms with van der Waals surface area (Å²) in [7, 11) is 1.67. The average Bonchev–Trinajstić information content (AvgIpc) is 2.92. The summed E-state index contributed by atoms with van der Waals surface area (Å²) >= 11 is 0. The number of carbonyl (C=O) groups excluding carboxylic acids is 1. The monoisotopic (exact) mass is 209 g/mol. The summed E-state index contributed by atoms with van der Waals surface area (Å²) in [4.78, 5) is 30.3. The summed E-state index contributed by atoms with van der Waals surface area (Å²) in [6.07, 6.45) is 3.18. The van der Waals surface area contributed by atoms with Gasteiger partial charge in [-0.1, -0.05) is 0 Å². The first-order valence-corrected chi connectivity index (χ1v) is 4.65. The quantitative estimate of drug-likeness (QED) is 0.751. The van der Waals surface area contributed by atoms with Crippen LogP contribution < -0.4 is 0 Å². The maximum absolute atomic E-state index is 11.8. The van der Waals surface area contributed by atoms with Gasteiger partial charge in [0.2, 0.25) is 0 Å². The molecule has 1 aromatic rings. The summed E-state index contributed by atoms with van der Waals surface area (Å²) in [5.74, 6) is -1.50. The van der Waals surface area contributed by atoms with Crippen molar-refractivity contribution < 1.29 is 14.7 Å². The largest absolute Gasteiger partial charge is 0.477 e. The van der Waals surface area contributed by atoms with Gasteiger partial charge in [-0.3, -0.25) is 4.79 Å². The van der Waals surface area contributed by atoms with E-state index in [1.165, 1.54) is 6.33 Å². The van der Waals surface area contributed by atoms with Crippen LogP contribution in [0.1, 0.15) is 33.8 Å². The molecule has 0 aromatic carbocycles. The molecule has 0 radical (unpaired) electrons. The number of carboxylic acids is 1. The first-order chi connectivity index (χ1) is 7.11. The van der Waals surface area contributed by atoms with Crippen LogP contribution in [0.2, 0.25) is 0 Å². The second kappa shape index (κ2) is 3.38. The molecule has 2 N–H and O–H groups in total. The Morgan fingerprint density at radius 2 is 2.27 bits per heavy atom. The molecule has 6 heteroatoms. The van der Waals surface area contributed by atoms with Crippen molar-refractivity contribution in [3.05, 3.63) is 17.7 Å². The number of aromatic nitrogens is 2. The number of carbonyl (C=O) groups is 2. The molecule has 1 saturated carbocycles.